The average molecular weight is 381 g/mol. The minimum Gasteiger partial charge on any atom is -0.481 e. The SMILES string of the molecule is O=C(O)CCCC#CCN1C(=O)CCCCC1=CCC(=O)Cc1ccccc1. The van der Waals surface area contributed by atoms with Crippen molar-refractivity contribution in [1.82, 2.24) is 4.90 Å². The highest BCUT2D eigenvalue weighted by molar-refractivity contribution is 5.83. The Balaban J connectivity index is 1.94. The van der Waals surface area contributed by atoms with Crippen molar-refractivity contribution < 1.29 is 19.5 Å². The Bertz CT molecular complexity index is 771. The third kappa shape index (κ3) is 7.79. The van der Waals surface area contributed by atoms with E-state index in [-0.39, 0.29) is 18.1 Å². The summed E-state index contributed by atoms with van der Waals surface area (Å²) in [6.45, 7) is 0.296. The van der Waals surface area contributed by atoms with Crippen LogP contribution in [0.25, 0.3) is 0 Å². The van der Waals surface area contributed by atoms with E-state index >= 15 is 0 Å². The third-order valence-corrected chi connectivity index (χ3v) is 4.59. The number of hydrogen-bond acceptors (Lipinski definition) is 3. The first-order valence-corrected chi connectivity index (χ1v) is 9.79. The summed E-state index contributed by atoms with van der Waals surface area (Å²) in [6, 6.07) is 9.64. The molecule has 1 aliphatic heterocycles. The topological polar surface area (TPSA) is 74.7 Å². The second-order valence-electron chi connectivity index (χ2n) is 6.89. The number of hydrogen-bond donors (Lipinski definition) is 1. The van der Waals surface area contributed by atoms with Crippen LogP contribution in [-0.4, -0.2) is 34.2 Å². The molecule has 0 bridgehead atoms. The highest BCUT2D eigenvalue weighted by atomic mass is 16.4. The van der Waals surface area contributed by atoms with Gasteiger partial charge in [0.05, 0.1) is 6.54 Å². The van der Waals surface area contributed by atoms with E-state index < -0.39 is 5.97 Å². The summed E-state index contributed by atoms with van der Waals surface area (Å²) < 4.78 is 0. The predicted octanol–water partition coefficient (Wildman–Crippen LogP) is 3.73. The maximum absolute atomic E-state index is 12.4. The van der Waals surface area contributed by atoms with Gasteiger partial charge in [0.15, 0.2) is 0 Å². The van der Waals surface area contributed by atoms with Gasteiger partial charge in [-0.05, 0) is 31.2 Å². The molecule has 2 rings (SSSR count). The molecule has 1 fully saturated rings. The van der Waals surface area contributed by atoms with Crippen LogP contribution < -0.4 is 0 Å². The highest BCUT2D eigenvalue weighted by Crippen LogP contribution is 2.21. The Morgan fingerprint density at radius 2 is 1.86 bits per heavy atom. The molecule has 1 heterocycles. The van der Waals surface area contributed by atoms with Gasteiger partial charge in [0.2, 0.25) is 5.91 Å². The summed E-state index contributed by atoms with van der Waals surface area (Å²) >= 11 is 0. The van der Waals surface area contributed by atoms with Gasteiger partial charge in [-0.15, -0.1) is 5.92 Å². The standard InChI is InChI=1S/C23H27NO4/c25-21(18-19-10-4-3-5-11-19)16-15-20-12-7-8-13-22(26)24(20)17-9-2-1-6-14-23(27)28/h3-5,10-11,15H,1,6-8,12-14,16-18H2,(H,27,28). The molecule has 0 unspecified atom stereocenters. The van der Waals surface area contributed by atoms with Gasteiger partial charge in [0.25, 0.3) is 0 Å². The molecule has 148 valence electrons. The molecule has 0 saturated carbocycles. The maximum Gasteiger partial charge on any atom is 0.303 e. The molecule has 0 aromatic heterocycles. The van der Waals surface area contributed by atoms with Crippen LogP contribution in [0.3, 0.4) is 0 Å². The first-order chi connectivity index (χ1) is 13.6. The number of Topliss-reactive ketones (excluding diaryl/α,β-unsaturated/α-hetero) is 1. The van der Waals surface area contributed by atoms with Gasteiger partial charge in [-0.2, -0.15) is 0 Å². The predicted molar refractivity (Wildman–Crippen MR) is 107 cm³/mol. The Labute approximate surface area is 166 Å². The fourth-order valence-electron chi connectivity index (χ4n) is 3.09. The van der Waals surface area contributed by atoms with Crippen LogP contribution in [0, 0.1) is 11.8 Å². The van der Waals surface area contributed by atoms with Crippen LogP contribution in [0.4, 0.5) is 0 Å². The van der Waals surface area contributed by atoms with Crippen LogP contribution >= 0.6 is 0 Å². The number of amides is 1. The summed E-state index contributed by atoms with van der Waals surface area (Å²) in [7, 11) is 0. The number of nitrogens with zero attached hydrogens (tertiary/aromatic N) is 1. The molecule has 5 nitrogen and oxygen atoms in total. The summed E-state index contributed by atoms with van der Waals surface area (Å²) in [5.74, 6) is 5.26. The molecule has 5 heteroatoms. The summed E-state index contributed by atoms with van der Waals surface area (Å²) in [4.78, 5) is 36.9. The molecule has 1 N–H and O–H groups in total. The lowest BCUT2D eigenvalue weighted by atomic mass is 10.1. The number of carboxylic acids is 1. The van der Waals surface area contributed by atoms with Crippen LogP contribution in [0.1, 0.15) is 56.9 Å². The lowest BCUT2D eigenvalue weighted by molar-refractivity contribution is -0.137. The number of carboxylic acid groups (broad SMARTS) is 1. The molecular weight excluding hydrogens is 354 g/mol. The minimum atomic E-state index is -0.824. The first-order valence-electron chi connectivity index (χ1n) is 9.79. The van der Waals surface area contributed by atoms with Gasteiger partial charge in [-0.25, -0.2) is 0 Å². The smallest absolute Gasteiger partial charge is 0.303 e. The van der Waals surface area contributed by atoms with Crippen LogP contribution in [0.2, 0.25) is 0 Å². The average Bonchev–Trinajstić information content (AvgIpc) is 2.85. The molecular formula is C23H27NO4. The number of unbranched alkanes of at least 4 members (excludes halogenated alkanes) is 1. The zero-order valence-electron chi connectivity index (χ0n) is 16.2. The Kier molecular flexibility index (Phi) is 9.00. The van der Waals surface area contributed by atoms with Crippen molar-refractivity contribution in [1.29, 1.82) is 0 Å². The second-order valence-corrected chi connectivity index (χ2v) is 6.89. The van der Waals surface area contributed by atoms with Crippen molar-refractivity contribution in [3.8, 4) is 11.8 Å². The second kappa shape index (κ2) is 11.8. The fraction of sp³-hybridized carbons (Fsp3) is 0.435. The Hall–Kier alpha value is -2.87. The Morgan fingerprint density at radius 1 is 1.11 bits per heavy atom. The molecule has 0 radical (unpaired) electrons. The molecule has 0 atom stereocenters. The van der Waals surface area contributed by atoms with Gasteiger partial charge < -0.3 is 10.0 Å². The molecule has 28 heavy (non-hydrogen) atoms. The van der Waals surface area contributed by atoms with E-state index in [4.69, 9.17) is 5.11 Å². The summed E-state index contributed by atoms with van der Waals surface area (Å²) in [6.07, 6.45) is 6.72. The number of likely N-dealkylation sites (tertiary alicyclic amines) is 1. The molecule has 0 aliphatic carbocycles. The zero-order valence-corrected chi connectivity index (χ0v) is 16.2. The number of allylic oxidation sites excluding steroid dienone is 2. The lowest BCUT2D eigenvalue weighted by Gasteiger charge is -2.21. The van der Waals surface area contributed by atoms with Crippen molar-refractivity contribution in [3.63, 3.8) is 0 Å². The Morgan fingerprint density at radius 3 is 2.61 bits per heavy atom. The van der Waals surface area contributed by atoms with E-state index in [0.29, 0.717) is 38.6 Å². The van der Waals surface area contributed by atoms with Crippen molar-refractivity contribution in [2.45, 2.75) is 57.8 Å². The molecule has 1 aromatic rings. The van der Waals surface area contributed by atoms with Gasteiger partial charge in [0.1, 0.15) is 5.78 Å². The van der Waals surface area contributed by atoms with E-state index in [1.807, 2.05) is 36.4 Å². The normalized spacial score (nSPS) is 15.6. The maximum atomic E-state index is 12.4. The van der Waals surface area contributed by atoms with Crippen molar-refractivity contribution in [2.75, 3.05) is 6.54 Å². The molecule has 1 saturated heterocycles. The van der Waals surface area contributed by atoms with E-state index in [0.717, 1.165) is 30.5 Å². The highest BCUT2D eigenvalue weighted by Gasteiger charge is 2.20. The molecule has 1 amide bonds. The monoisotopic (exact) mass is 381 g/mol. The lowest BCUT2D eigenvalue weighted by Crippen LogP contribution is -2.29. The van der Waals surface area contributed by atoms with Gasteiger partial charge in [-0.3, -0.25) is 14.4 Å². The zero-order chi connectivity index (χ0) is 20.2. The van der Waals surface area contributed by atoms with Gasteiger partial charge in [0, 0.05) is 37.8 Å². The number of carbonyl (C=O) groups excluding carboxylic acids is 2. The van der Waals surface area contributed by atoms with Crippen LogP contribution in [-0.2, 0) is 20.8 Å². The first kappa shape index (κ1) is 21.4. The van der Waals surface area contributed by atoms with Crippen molar-refractivity contribution >= 4 is 17.7 Å². The third-order valence-electron chi connectivity index (χ3n) is 4.59. The van der Waals surface area contributed by atoms with E-state index in [9.17, 15) is 14.4 Å². The molecule has 0 spiro atoms. The summed E-state index contributed by atoms with van der Waals surface area (Å²) in [5.41, 5.74) is 1.87. The van der Waals surface area contributed by atoms with E-state index in [1.165, 1.54) is 0 Å². The quantitative estimate of drug-likeness (QED) is 0.550. The fourth-order valence-corrected chi connectivity index (χ4v) is 3.09. The van der Waals surface area contributed by atoms with Crippen LogP contribution in [0.5, 0.6) is 0 Å². The largest absolute Gasteiger partial charge is 0.481 e. The minimum absolute atomic E-state index is 0.0408. The summed E-state index contributed by atoms with van der Waals surface area (Å²) in [5, 5.41) is 8.64. The van der Waals surface area contributed by atoms with E-state index in [2.05, 4.69) is 11.8 Å². The van der Waals surface area contributed by atoms with Gasteiger partial charge in [-0.1, -0.05) is 42.3 Å². The van der Waals surface area contributed by atoms with Crippen molar-refractivity contribution in [2.24, 2.45) is 0 Å². The molecule has 1 aliphatic rings. The number of benzene rings is 1. The number of rotatable bonds is 8. The number of aliphatic carboxylic acids is 1. The number of ketones is 1. The molecule has 1 aromatic carbocycles. The van der Waals surface area contributed by atoms with E-state index in [1.54, 1.807) is 4.90 Å². The van der Waals surface area contributed by atoms with Crippen LogP contribution in [0.15, 0.2) is 42.1 Å². The van der Waals surface area contributed by atoms with Gasteiger partial charge >= 0.3 is 5.97 Å². The number of carbonyl (C=O) groups is 3. The van der Waals surface area contributed by atoms with Crippen molar-refractivity contribution in [3.05, 3.63) is 47.7 Å².